The van der Waals surface area contributed by atoms with Crippen LogP contribution in [-0.4, -0.2) is 57.6 Å². The van der Waals surface area contributed by atoms with Gasteiger partial charge in [0.05, 0.1) is 24.2 Å². The van der Waals surface area contributed by atoms with Gasteiger partial charge in [0.15, 0.2) is 11.0 Å². The van der Waals surface area contributed by atoms with E-state index in [9.17, 15) is 22.8 Å². The maximum atomic E-state index is 12.8. The number of aromatic nitrogens is 3. The molecule has 234 valence electrons. The number of carbonyl (C=O) groups is 2. The number of rotatable bonds is 9. The van der Waals surface area contributed by atoms with E-state index in [1.54, 1.807) is 13.2 Å². The average Bonchev–Trinajstić information content (AvgIpc) is 3.64. The number of anilines is 1. The van der Waals surface area contributed by atoms with Crippen molar-refractivity contribution in [2.75, 3.05) is 24.3 Å². The number of urea groups is 1. The number of methoxy groups -OCH3 is 1. The first kappa shape index (κ1) is 31.6. The molecule has 3 aromatic carbocycles. The van der Waals surface area contributed by atoms with Crippen LogP contribution >= 0.6 is 11.8 Å². The molecule has 1 aliphatic rings. The number of nitrogens with zero attached hydrogens (tertiary/aromatic N) is 5. The lowest BCUT2D eigenvalue weighted by Crippen LogP contribution is -2.32. The first-order chi connectivity index (χ1) is 21.5. The van der Waals surface area contributed by atoms with Crippen molar-refractivity contribution in [3.05, 3.63) is 84.2 Å². The van der Waals surface area contributed by atoms with Gasteiger partial charge in [0, 0.05) is 18.2 Å². The predicted octanol–water partition coefficient (Wildman–Crippen LogP) is 6.35. The number of thioether (sulfide) groups is 1. The van der Waals surface area contributed by atoms with Gasteiger partial charge in [-0.25, -0.2) is 14.5 Å². The van der Waals surface area contributed by atoms with E-state index in [1.165, 1.54) is 51.9 Å². The molecule has 1 fully saturated rings. The number of halogens is 3. The third-order valence-electron chi connectivity index (χ3n) is 6.79. The average molecular weight is 639 g/mol. The number of nitrogens with one attached hydrogen (secondary N) is 1. The van der Waals surface area contributed by atoms with Gasteiger partial charge in [-0.1, -0.05) is 55.9 Å². The van der Waals surface area contributed by atoms with Crippen molar-refractivity contribution in [1.82, 2.24) is 20.1 Å². The zero-order chi connectivity index (χ0) is 32.1. The minimum Gasteiger partial charge on any atom is -0.497 e. The summed E-state index contributed by atoms with van der Waals surface area (Å²) >= 11 is 1.21. The highest BCUT2D eigenvalue weighted by Gasteiger charge is 2.33. The smallest absolute Gasteiger partial charge is 0.497 e. The van der Waals surface area contributed by atoms with Crippen LogP contribution in [0.4, 0.5) is 23.7 Å². The van der Waals surface area contributed by atoms with Crippen LogP contribution in [-0.2, 0) is 11.2 Å². The van der Waals surface area contributed by atoms with Crippen molar-refractivity contribution < 1.29 is 32.2 Å². The zero-order valence-electron chi connectivity index (χ0n) is 24.5. The van der Waals surface area contributed by atoms with E-state index in [-0.39, 0.29) is 23.3 Å². The number of aliphatic imine (C=N–C) groups is 1. The van der Waals surface area contributed by atoms with Crippen LogP contribution in [0.3, 0.4) is 0 Å². The number of carbonyl (C=O) groups excluding carboxylic acids is 2. The Bertz CT molecular complexity index is 1710. The summed E-state index contributed by atoms with van der Waals surface area (Å²) in [4.78, 5) is 35.5. The van der Waals surface area contributed by atoms with Crippen molar-refractivity contribution in [3.8, 4) is 28.6 Å². The lowest BCUT2D eigenvalue weighted by molar-refractivity contribution is -0.274. The molecule has 0 bridgehead atoms. The first-order valence-electron chi connectivity index (χ1n) is 13.9. The van der Waals surface area contributed by atoms with Gasteiger partial charge in [0.25, 0.3) is 0 Å². The van der Waals surface area contributed by atoms with Crippen LogP contribution < -0.4 is 19.7 Å². The normalized spacial score (nSPS) is 14.3. The first-order valence-corrected chi connectivity index (χ1v) is 14.9. The van der Waals surface area contributed by atoms with Crippen LogP contribution in [0.15, 0.2) is 78.0 Å². The summed E-state index contributed by atoms with van der Waals surface area (Å²) < 4.78 is 47.9. The summed E-state index contributed by atoms with van der Waals surface area (Å²) in [5.74, 6) is 0.879. The van der Waals surface area contributed by atoms with E-state index in [1.807, 2.05) is 50.2 Å². The second-order valence-corrected chi connectivity index (χ2v) is 11.2. The second-order valence-electron chi connectivity index (χ2n) is 10.2. The van der Waals surface area contributed by atoms with E-state index in [4.69, 9.17) is 4.74 Å². The summed E-state index contributed by atoms with van der Waals surface area (Å²) in [6.45, 7) is 4.38. The Kier molecular flexibility index (Phi) is 9.42. The zero-order valence-corrected chi connectivity index (χ0v) is 25.4. The monoisotopic (exact) mass is 638 g/mol. The van der Waals surface area contributed by atoms with Crippen molar-refractivity contribution >= 4 is 34.6 Å². The molecule has 1 aromatic heterocycles. The van der Waals surface area contributed by atoms with Gasteiger partial charge >= 0.3 is 12.4 Å². The van der Waals surface area contributed by atoms with E-state index >= 15 is 0 Å². The van der Waals surface area contributed by atoms with E-state index in [0.29, 0.717) is 41.1 Å². The fourth-order valence-corrected chi connectivity index (χ4v) is 5.45. The maximum Gasteiger partial charge on any atom is 0.573 e. The highest BCUT2D eigenvalue weighted by Crippen LogP contribution is 2.36. The minimum absolute atomic E-state index is 0.139. The molecule has 1 saturated heterocycles. The SMILES string of the molecule is COc1ccc(C(C)C)c(N2C(=O)CSC2=NC(=O)NCCc2ccc(-c3ncn(-c4ccc(OC(F)(F)F)cc4)n3)cc2)c1. The number of amidine groups is 1. The fraction of sp³-hybridized carbons (Fsp3) is 0.258. The van der Waals surface area contributed by atoms with Crippen LogP contribution in [0.5, 0.6) is 11.5 Å². The molecule has 0 atom stereocenters. The van der Waals surface area contributed by atoms with Crippen LogP contribution in [0.1, 0.15) is 30.9 Å². The molecule has 0 spiro atoms. The highest BCUT2D eigenvalue weighted by molar-refractivity contribution is 8.15. The third kappa shape index (κ3) is 7.81. The molecule has 4 aromatic rings. The number of amides is 3. The molecule has 14 heteroatoms. The van der Waals surface area contributed by atoms with E-state index in [2.05, 4.69) is 25.1 Å². The molecular formula is C31H29F3N6O4S. The Hall–Kier alpha value is -4.85. The Balaban J connectivity index is 1.18. The molecule has 5 rings (SSSR count). The quantitative estimate of drug-likeness (QED) is 0.227. The maximum absolute atomic E-state index is 12.8. The molecule has 0 saturated carbocycles. The molecule has 2 heterocycles. The van der Waals surface area contributed by atoms with Crippen LogP contribution in [0.25, 0.3) is 17.1 Å². The van der Waals surface area contributed by atoms with Gasteiger partial charge in [-0.3, -0.25) is 9.69 Å². The summed E-state index contributed by atoms with van der Waals surface area (Å²) in [5, 5.41) is 7.51. The molecule has 3 amide bonds. The second kappa shape index (κ2) is 13.4. The molecule has 0 aliphatic carbocycles. The minimum atomic E-state index is -4.76. The number of ether oxygens (including phenoxy) is 2. The van der Waals surface area contributed by atoms with E-state index in [0.717, 1.165) is 16.7 Å². The molecule has 0 unspecified atom stereocenters. The summed E-state index contributed by atoms with van der Waals surface area (Å²) in [6, 6.07) is 17.8. The Morgan fingerprint density at radius 2 is 1.78 bits per heavy atom. The molecule has 0 radical (unpaired) electrons. The number of benzene rings is 3. The molecule has 1 N–H and O–H groups in total. The molecular weight excluding hydrogens is 609 g/mol. The predicted molar refractivity (Wildman–Crippen MR) is 165 cm³/mol. The van der Waals surface area contributed by atoms with Crippen molar-refractivity contribution in [2.45, 2.75) is 32.5 Å². The third-order valence-corrected chi connectivity index (χ3v) is 7.72. The number of alkyl halides is 3. The summed E-state index contributed by atoms with van der Waals surface area (Å²) in [5.41, 5.74) is 3.81. The largest absolute Gasteiger partial charge is 0.573 e. The standard InChI is InChI=1S/C31H29F3N6O4S/c1-19(2)25-13-12-24(43-3)16-26(25)40-27(41)17-45-30(40)37-29(42)35-15-14-20-4-6-21(7-5-20)28-36-18-39(38-28)22-8-10-23(11-9-22)44-31(32,33)34/h4-13,16,18-19H,14-15,17H2,1-3H3,(H,35,42). The lowest BCUT2D eigenvalue weighted by Gasteiger charge is -2.22. The van der Waals surface area contributed by atoms with Crippen molar-refractivity contribution in [3.63, 3.8) is 0 Å². The molecule has 10 nitrogen and oxygen atoms in total. The van der Waals surface area contributed by atoms with Gasteiger partial charge in [0.2, 0.25) is 5.91 Å². The Morgan fingerprint density at radius 3 is 2.44 bits per heavy atom. The highest BCUT2D eigenvalue weighted by atomic mass is 32.2. The number of hydrogen-bond donors (Lipinski definition) is 1. The summed E-state index contributed by atoms with van der Waals surface area (Å²) in [7, 11) is 1.56. The van der Waals surface area contributed by atoms with Crippen LogP contribution in [0, 0.1) is 0 Å². The van der Waals surface area contributed by atoms with Gasteiger partial charge in [-0.2, -0.15) is 4.99 Å². The Labute approximate surface area is 261 Å². The molecule has 1 aliphatic heterocycles. The van der Waals surface area contributed by atoms with Crippen LogP contribution in [0.2, 0.25) is 0 Å². The molecule has 45 heavy (non-hydrogen) atoms. The van der Waals surface area contributed by atoms with Gasteiger partial charge < -0.3 is 14.8 Å². The van der Waals surface area contributed by atoms with Gasteiger partial charge in [0.1, 0.15) is 17.8 Å². The lowest BCUT2D eigenvalue weighted by atomic mass is 10.00. The Morgan fingerprint density at radius 1 is 1.07 bits per heavy atom. The fourth-order valence-electron chi connectivity index (χ4n) is 4.59. The van der Waals surface area contributed by atoms with Crippen molar-refractivity contribution in [1.29, 1.82) is 0 Å². The summed E-state index contributed by atoms with van der Waals surface area (Å²) in [6.07, 6.45) is -2.76. The van der Waals surface area contributed by atoms with Crippen molar-refractivity contribution in [2.24, 2.45) is 4.99 Å². The van der Waals surface area contributed by atoms with E-state index < -0.39 is 12.4 Å². The topological polar surface area (TPSA) is 111 Å². The van der Waals surface area contributed by atoms with Gasteiger partial charge in [-0.05, 0) is 53.8 Å². The number of hydrogen-bond acceptors (Lipinski definition) is 7. The van der Waals surface area contributed by atoms with Gasteiger partial charge in [-0.15, -0.1) is 18.3 Å².